The highest BCUT2D eigenvalue weighted by molar-refractivity contribution is 5.19. The lowest BCUT2D eigenvalue weighted by Crippen LogP contribution is -2.80. The number of halogens is 31. The van der Waals surface area contributed by atoms with Gasteiger partial charge in [0.2, 0.25) is 0 Å². The Labute approximate surface area is 243 Å². The molecule has 2 fully saturated rings. The Kier molecular flexibility index (Phi) is 9.73. The number of hydrogen-bond acceptors (Lipinski definition) is 2. The van der Waals surface area contributed by atoms with E-state index in [1.54, 1.807) is 4.74 Å². The maximum atomic E-state index is 13.5. The quantitative estimate of drug-likeness (QED) is 0.258. The second-order valence-corrected chi connectivity index (χ2v) is 9.03. The molecule has 0 aromatic carbocycles. The van der Waals surface area contributed by atoms with Crippen molar-refractivity contribution in [1.29, 1.82) is 0 Å². The van der Waals surface area contributed by atoms with E-state index in [1.807, 2.05) is 4.74 Å². The molecule has 0 aromatic rings. The van der Waals surface area contributed by atoms with Crippen LogP contribution in [0, 0.1) is 0 Å². The van der Waals surface area contributed by atoms with Crippen molar-refractivity contribution in [2.45, 2.75) is 95.8 Å². The van der Waals surface area contributed by atoms with Crippen LogP contribution in [0.25, 0.3) is 0 Å². The number of alkyl halides is 31. The van der Waals surface area contributed by atoms with Gasteiger partial charge in [-0.3, -0.25) is 9.47 Å². The average Bonchev–Trinajstić information content (AvgIpc) is 2.94. The van der Waals surface area contributed by atoms with Gasteiger partial charge >= 0.3 is 89.4 Å². The minimum absolute atomic E-state index is 1.60. The first kappa shape index (κ1) is 44.8. The van der Waals surface area contributed by atoms with Crippen LogP contribution in [0.15, 0.2) is 0 Å². The molecule has 0 saturated carbocycles. The normalized spacial score (nSPS) is 31.5. The fourth-order valence-corrected chi connectivity index (χ4v) is 3.02. The standard InChI is InChI=1S/C8F16O.C8HF15O/c9-1(10,4(15,16)7(20,21)22)2(11,12)6(19)3(13,14)5(17,18)8(23,24)25-6;9-1-2(10,11)3(12,13)4(14,15)7(20,24-1)5(16,17)6(18,19)8(21,22)23/h;1H. The minimum atomic E-state index is -8.24. The molecule has 294 valence electrons. The summed E-state index contributed by atoms with van der Waals surface area (Å²) in [6, 6.07) is 0. The number of rotatable bonds is 5. The van der Waals surface area contributed by atoms with E-state index in [4.69, 9.17) is 0 Å². The summed E-state index contributed by atoms with van der Waals surface area (Å²) < 4.78 is 395. The van der Waals surface area contributed by atoms with Gasteiger partial charge in [0.1, 0.15) is 0 Å². The van der Waals surface area contributed by atoms with Crippen LogP contribution in [0.5, 0.6) is 0 Å². The van der Waals surface area contributed by atoms with Crippen LogP contribution in [-0.4, -0.2) is 95.8 Å². The molecule has 0 bridgehead atoms. The Morgan fingerprint density at radius 3 is 0.959 bits per heavy atom. The summed E-state index contributed by atoms with van der Waals surface area (Å²) in [4.78, 5) is 0. The van der Waals surface area contributed by atoms with Gasteiger partial charge in [-0.05, 0) is 0 Å². The van der Waals surface area contributed by atoms with Crippen LogP contribution < -0.4 is 0 Å². The van der Waals surface area contributed by atoms with E-state index < -0.39 is 95.8 Å². The van der Waals surface area contributed by atoms with E-state index in [2.05, 4.69) is 0 Å². The molecule has 0 N–H and O–H groups in total. The van der Waals surface area contributed by atoms with Gasteiger partial charge in [-0.2, -0.15) is 132 Å². The van der Waals surface area contributed by atoms with Gasteiger partial charge in [-0.15, -0.1) is 0 Å². The van der Waals surface area contributed by atoms with Crippen LogP contribution in [0.1, 0.15) is 0 Å². The van der Waals surface area contributed by atoms with Crippen molar-refractivity contribution >= 4 is 0 Å². The molecule has 0 amide bonds. The Balaban J connectivity index is 0.000000490. The third-order valence-corrected chi connectivity index (χ3v) is 5.90. The van der Waals surface area contributed by atoms with Crippen molar-refractivity contribution in [1.82, 2.24) is 0 Å². The molecule has 33 heteroatoms. The molecule has 49 heavy (non-hydrogen) atoms. The molecular formula is C16HF31O2. The van der Waals surface area contributed by atoms with Gasteiger partial charge in [-0.1, -0.05) is 0 Å². The van der Waals surface area contributed by atoms with Gasteiger partial charge in [0, 0.05) is 0 Å². The van der Waals surface area contributed by atoms with Crippen LogP contribution in [0.2, 0.25) is 0 Å². The third kappa shape index (κ3) is 5.04. The van der Waals surface area contributed by atoms with Crippen molar-refractivity contribution in [3.63, 3.8) is 0 Å². The van der Waals surface area contributed by atoms with E-state index in [9.17, 15) is 136 Å². The predicted molar refractivity (Wildman–Crippen MR) is 81.3 cm³/mol. The van der Waals surface area contributed by atoms with Gasteiger partial charge < -0.3 is 0 Å². The molecule has 2 aliphatic rings. The second kappa shape index (κ2) is 10.6. The Morgan fingerprint density at radius 1 is 0.367 bits per heavy atom. The van der Waals surface area contributed by atoms with Crippen molar-refractivity contribution in [3.05, 3.63) is 0 Å². The maximum absolute atomic E-state index is 13.5. The van der Waals surface area contributed by atoms with Crippen LogP contribution >= 0.6 is 0 Å². The largest absolute Gasteiger partial charge is 0.460 e. The summed E-state index contributed by atoms with van der Waals surface area (Å²) in [5.41, 5.74) is 0. The molecular weight excluding hydrogens is 813 g/mol. The highest BCUT2D eigenvalue weighted by Crippen LogP contribution is 2.69. The second-order valence-electron chi connectivity index (χ2n) is 9.03. The molecule has 2 heterocycles. The third-order valence-electron chi connectivity index (χ3n) is 5.90. The molecule has 2 nitrogen and oxygen atoms in total. The molecule has 0 radical (unpaired) electrons. The van der Waals surface area contributed by atoms with Gasteiger partial charge in [0.15, 0.2) is 0 Å². The van der Waals surface area contributed by atoms with Gasteiger partial charge in [0.25, 0.3) is 6.36 Å². The summed E-state index contributed by atoms with van der Waals surface area (Å²) in [5.74, 6) is -92.1. The van der Waals surface area contributed by atoms with E-state index in [1.165, 1.54) is 0 Å². The average molecular weight is 814 g/mol. The molecule has 3 atom stereocenters. The molecule has 0 aliphatic carbocycles. The van der Waals surface area contributed by atoms with Crippen molar-refractivity contribution in [2.24, 2.45) is 0 Å². The minimum Gasteiger partial charge on any atom is -0.295 e. The lowest BCUT2D eigenvalue weighted by Gasteiger charge is -2.49. The van der Waals surface area contributed by atoms with Crippen LogP contribution in [0.3, 0.4) is 0 Å². The Bertz CT molecular complexity index is 1240. The van der Waals surface area contributed by atoms with Crippen molar-refractivity contribution in [3.8, 4) is 0 Å². The first-order valence-electron chi connectivity index (χ1n) is 10.3. The van der Waals surface area contributed by atoms with Crippen LogP contribution in [0.4, 0.5) is 136 Å². The molecule has 2 rings (SSSR count). The molecule has 2 saturated heterocycles. The summed E-state index contributed by atoms with van der Waals surface area (Å²) in [6.45, 7) is 0. The van der Waals surface area contributed by atoms with Crippen molar-refractivity contribution in [2.75, 3.05) is 0 Å². The zero-order valence-electron chi connectivity index (χ0n) is 20.6. The zero-order valence-corrected chi connectivity index (χ0v) is 20.6. The van der Waals surface area contributed by atoms with E-state index in [0.717, 1.165) is 0 Å². The lowest BCUT2D eigenvalue weighted by atomic mass is 9.87. The molecule has 2 aliphatic heterocycles. The highest BCUT2D eigenvalue weighted by atomic mass is 19.4. The topological polar surface area (TPSA) is 18.5 Å². The van der Waals surface area contributed by atoms with E-state index >= 15 is 0 Å². The van der Waals surface area contributed by atoms with Crippen molar-refractivity contribution < 1.29 is 146 Å². The fraction of sp³-hybridized carbons (Fsp3) is 1.00. The smallest absolute Gasteiger partial charge is 0.295 e. The zero-order chi connectivity index (χ0) is 40.5. The molecule has 3 unspecified atom stereocenters. The maximum Gasteiger partial charge on any atom is 0.460 e. The highest BCUT2D eigenvalue weighted by Gasteiger charge is 3.01. The number of hydrogen-bond donors (Lipinski definition) is 0. The molecule has 0 spiro atoms. The van der Waals surface area contributed by atoms with Gasteiger partial charge in [0.05, 0.1) is 0 Å². The summed E-state index contributed by atoms with van der Waals surface area (Å²) in [7, 11) is 0. The number of ether oxygens (including phenoxy) is 2. The van der Waals surface area contributed by atoms with Crippen LogP contribution in [-0.2, 0) is 9.47 Å². The Morgan fingerprint density at radius 2 is 0.673 bits per heavy atom. The summed E-state index contributed by atoms with van der Waals surface area (Å²) in [5, 5.41) is 0. The molecule has 0 aromatic heterocycles. The van der Waals surface area contributed by atoms with E-state index in [-0.39, 0.29) is 0 Å². The fourth-order valence-electron chi connectivity index (χ4n) is 3.02. The first-order valence-corrected chi connectivity index (χ1v) is 10.3. The lowest BCUT2D eigenvalue weighted by molar-refractivity contribution is -0.529. The SMILES string of the molecule is FC(F)(F)C(F)(F)C(F)(F)C(F)(F)C1(F)OC(F)(F)C(F)(F)C1(F)F.FC1OC(F)(C(F)(F)C(F)(F)C(F)(F)F)C(F)(F)C(F)(F)C1(F)F. The van der Waals surface area contributed by atoms with Gasteiger partial charge in [-0.25, -0.2) is 4.39 Å². The predicted octanol–water partition coefficient (Wildman–Crippen LogP) is 9.73. The van der Waals surface area contributed by atoms with E-state index in [0.29, 0.717) is 0 Å². The first-order chi connectivity index (χ1) is 20.6. The summed E-state index contributed by atoms with van der Waals surface area (Å²) >= 11 is 0. The monoisotopic (exact) mass is 814 g/mol. The summed E-state index contributed by atoms with van der Waals surface area (Å²) in [6.07, 6.45) is -27.5. The Hall–Kier alpha value is -2.25.